The van der Waals surface area contributed by atoms with Gasteiger partial charge in [0.2, 0.25) is 11.7 Å². The van der Waals surface area contributed by atoms with Crippen LogP contribution in [0.25, 0.3) is 11.3 Å². The summed E-state index contributed by atoms with van der Waals surface area (Å²) in [4.78, 5) is 26.2. The van der Waals surface area contributed by atoms with Crippen molar-refractivity contribution in [3.05, 3.63) is 36.2 Å². The van der Waals surface area contributed by atoms with E-state index >= 15 is 0 Å². The predicted octanol–water partition coefficient (Wildman–Crippen LogP) is 2.09. The summed E-state index contributed by atoms with van der Waals surface area (Å²) in [6.45, 7) is 1.40. The number of ether oxygens (including phenoxy) is 1. The summed E-state index contributed by atoms with van der Waals surface area (Å²) in [5, 5.41) is 2.57. The molecule has 1 amide bonds. The molecule has 0 aliphatic rings. The van der Waals surface area contributed by atoms with Crippen molar-refractivity contribution in [2.45, 2.75) is 6.92 Å². The third-order valence-electron chi connectivity index (χ3n) is 2.34. The molecule has 19 heavy (non-hydrogen) atoms. The molecule has 0 aromatic carbocycles. The maximum absolute atomic E-state index is 11.3. The van der Waals surface area contributed by atoms with E-state index in [9.17, 15) is 9.59 Å². The highest BCUT2D eigenvalue weighted by atomic mass is 16.5. The van der Waals surface area contributed by atoms with E-state index in [1.807, 2.05) is 0 Å². The van der Waals surface area contributed by atoms with Crippen molar-refractivity contribution in [2.75, 3.05) is 12.4 Å². The van der Waals surface area contributed by atoms with Gasteiger partial charge in [-0.05, 0) is 24.3 Å². The number of amides is 1. The van der Waals surface area contributed by atoms with Crippen molar-refractivity contribution in [1.82, 2.24) is 4.98 Å². The van der Waals surface area contributed by atoms with Crippen molar-refractivity contribution in [2.24, 2.45) is 0 Å². The van der Waals surface area contributed by atoms with Gasteiger partial charge in [0.05, 0.1) is 7.11 Å². The minimum atomic E-state index is -0.539. The third-order valence-corrected chi connectivity index (χ3v) is 2.34. The number of aromatic nitrogens is 1. The van der Waals surface area contributed by atoms with E-state index in [2.05, 4.69) is 15.0 Å². The summed E-state index contributed by atoms with van der Waals surface area (Å²) in [5.41, 5.74) is 0.703. The molecule has 2 rings (SSSR count). The lowest BCUT2D eigenvalue weighted by Crippen LogP contribution is -2.07. The molecule has 2 aromatic rings. The topological polar surface area (TPSA) is 81.4 Å². The number of nitrogens with one attached hydrogen (secondary N) is 1. The monoisotopic (exact) mass is 260 g/mol. The number of furan rings is 1. The predicted molar refractivity (Wildman–Crippen MR) is 67.6 cm³/mol. The van der Waals surface area contributed by atoms with Gasteiger partial charge in [0.25, 0.3) is 0 Å². The van der Waals surface area contributed by atoms with Gasteiger partial charge in [-0.3, -0.25) is 4.79 Å². The van der Waals surface area contributed by atoms with Crippen molar-refractivity contribution in [3.63, 3.8) is 0 Å². The molecule has 0 unspecified atom stereocenters. The van der Waals surface area contributed by atoms with E-state index in [0.717, 1.165) is 0 Å². The summed E-state index contributed by atoms with van der Waals surface area (Å²) in [7, 11) is 1.28. The Hall–Kier alpha value is -2.63. The summed E-state index contributed by atoms with van der Waals surface area (Å²) in [5.74, 6) is 0.285. The van der Waals surface area contributed by atoms with Crippen LogP contribution in [0.4, 0.5) is 5.82 Å². The Kier molecular flexibility index (Phi) is 3.61. The highest BCUT2D eigenvalue weighted by Gasteiger charge is 2.12. The molecule has 0 fully saturated rings. The maximum Gasteiger partial charge on any atom is 0.373 e. The van der Waals surface area contributed by atoms with Gasteiger partial charge in [-0.25, -0.2) is 9.78 Å². The van der Waals surface area contributed by atoms with Crippen molar-refractivity contribution < 1.29 is 18.7 Å². The van der Waals surface area contributed by atoms with Crippen molar-refractivity contribution in [1.29, 1.82) is 0 Å². The second kappa shape index (κ2) is 5.34. The molecule has 0 saturated heterocycles. The molecule has 0 spiro atoms. The molecule has 98 valence electrons. The van der Waals surface area contributed by atoms with Crippen LogP contribution < -0.4 is 5.32 Å². The average molecular weight is 260 g/mol. The molecule has 2 heterocycles. The van der Waals surface area contributed by atoms with Crippen LogP contribution in [0.5, 0.6) is 0 Å². The first kappa shape index (κ1) is 12.8. The zero-order valence-electron chi connectivity index (χ0n) is 10.5. The average Bonchev–Trinajstić information content (AvgIpc) is 2.87. The van der Waals surface area contributed by atoms with Crippen LogP contribution in [-0.2, 0) is 9.53 Å². The molecule has 0 aliphatic carbocycles. The van der Waals surface area contributed by atoms with Crippen LogP contribution in [0.15, 0.2) is 34.9 Å². The molecule has 1 N–H and O–H groups in total. The van der Waals surface area contributed by atoms with E-state index in [0.29, 0.717) is 17.1 Å². The lowest BCUT2D eigenvalue weighted by Gasteiger charge is -2.02. The fraction of sp³-hybridized carbons (Fsp3) is 0.154. The fourth-order valence-corrected chi connectivity index (χ4v) is 1.54. The Morgan fingerprint density at radius 1 is 1.32 bits per heavy atom. The molecular formula is C13H12N2O4. The number of pyridine rings is 1. The van der Waals surface area contributed by atoms with E-state index in [1.54, 1.807) is 24.4 Å². The van der Waals surface area contributed by atoms with Crippen LogP contribution in [0.2, 0.25) is 0 Å². The van der Waals surface area contributed by atoms with Crippen LogP contribution >= 0.6 is 0 Å². The van der Waals surface area contributed by atoms with Gasteiger partial charge in [0.1, 0.15) is 11.6 Å². The number of nitrogens with zero attached hydrogens (tertiary/aromatic N) is 1. The SMILES string of the molecule is COC(=O)c1ccc(-c2ccnc(NC(C)=O)c2)o1. The van der Waals surface area contributed by atoms with E-state index in [1.165, 1.54) is 20.1 Å². The number of carbonyl (C=O) groups is 2. The fourth-order valence-electron chi connectivity index (χ4n) is 1.54. The van der Waals surface area contributed by atoms with E-state index < -0.39 is 5.97 Å². The lowest BCUT2D eigenvalue weighted by molar-refractivity contribution is -0.114. The molecule has 0 atom stereocenters. The van der Waals surface area contributed by atoms with Gasteiger partial charge in [0.15, 0.2) is 0 Å². The van der Waals surface area contributed by atoms with Crippen molar-refractivity contribution >= 4 is 17.7 Å². The number of carbonyl (C=O) groups excluding carboxylic acids is 2. The highest BCUT2D eigenvalue weighted by Crippen LogP contribution is 2.24. The zero-order chi connectivity index (χ0) is 13.8. The first-order valence-electron chi connectivity index (χ1n) is 5.52. The Morgan fingerprint density at radius 2 is 2.11 bits per heavy atom. The summed E-state index contributed by atoms with van der Waals surface area (Å²) in [6.07, 6.45) is 1.54. The molecule has 6 nitrogen and oxygen atoms in total. The Balaban J connectivity index is 2.28. The number of rotatable bonds is 3. The first-order chi connectivity index (χ1) is 9.10. The minimum absolute atomic E-state index is 0.121. The van der Waals surface area contributed by atoms with Crippen molar-refractivity contribution in [3.8, 4) is 11.3 Å². The second-order valence-corrected chi connectivity index (χ2v) is 3.77. The zero-order valence-corrected chi connectivity index (χ0v) is 10.5. The molecule has 2 aromatic heterocycles. The molecular weight excluding hydrogens is 248 g/mol. The van der Waals surface area contributed by atoms with Gasteiger partial charge in [-0.15, -0.1) is 0 Å². The van der Waals surface area contributed by atoms with Crippen LogP contribution in [0.3, 0.4) is 0 Å². The van der Waals surface area contributed by atoms with Gasteiger partial charge in [-0.1, -0.05) is 0 Å². The highest BCUT2D eigenvalue weighted by molar-refractivity contribution is 5.89. The Labute approximate surface area is 109 Å². The van der Waals surface area contributed by atoms with Gasteiger partial charge >= 0.3 is 5.97 Å². The molecule has 6 heteroatoms. The van der Waals surface area contributed by atoms with E-state index in [-0.39, 0.29) is 11.7 Å². The number of anilines is 1. The lowest BCUT2D eigenvalue weighted by atomic mass is 10.2. The third kappa shape index (κ3) is 2.98. The second-order valence-electron chi connectivity index (χ2n) is 3.77. The van der Waals surface area contributed by atoms with Crippen LogP contribution in [0, 0.1) is 0 Å². The van der Waals surface area contributed by atoms with Gasteiger partial charge < -0.3 is 14.5 Å². The smallest absolute Gasteiger partial charge is 0.373 e. The number of hydrogen-bond donors (Lipinski definition) is 1. The quantitative estimate of drug-likeness (QED) is 0.854. The van der Waals surface area contributed by atoms with Crippen LogP contribution in [-0.4, -0.2) is 24.0 Å². The Morgan fingerprint density at radius 3 is 2.79 bits per heavy atom. The molecule has 0 saturated carbocycles. The number of esters is 1. The minimum Gasteiger partial charge on any atom is -0.463 e. The Bertz CT molecular complexity index is 619. The summed E-state index contributed by atoms with van der Waals surface area (Å²) < 4.78 is 9.93. The molecule has 0 aliphatic heterocycles. The largest absolute Gasteiger partial charge is 0.463 e. The summed E-state index contributed by atoms with van der Waals surface area (Å²) >= 11 is 0. The maximum atomic E-state index is 11.3. The van der Waals surface area contributed by atoms with Crippen LogP contribution in [0.1, 0.15) is 17.5 Å². The van der Waals surface area contributed by atoms with Gasteiger partial charge in [0, 0.05) is 18.7 Å². The van der Waals surface area contributed by atoms with Gasteiger partial charge in [-0.2, -0.15) is 0 Å². The number of methoxy groups -OCH3 is 1. The molecule has 0 radical (unpaired) electrons. The molecule has 0 bridgehead atoms. The van der Waals surface area contributed by atoms with E-state index in [4.69, 9.17) is 4.42 Å². The normalized spacial score (nSPS) is 10.0. The standard InChI is InChI=1S/C13H12N2O4/c1-8(16)15-12-7-9(5-6-14-12)10-3-4-11(19-10)13(17)18-2/h3-7H,1-2H3,(H,14,15,16). The first-order valence-corrected chi connectivity index (χ1v) is 5.52. The summed E-state index contributed by atoms with van der Waals surface area (Å²) in [6, 6.07) is 6.55. The number of hydrogen-bond acceptors (Lipinski definition) is 5.